The van der Waals surface area contributed by atoms with E-state index in [2.05, 4.69) is 15.0 Å². The molecule has 6 heteroatoms. The normalized spacial score (nSPS) is 10.5. The molecule has 0 unspecified atom stereocenters. The van der Waals surface area contributed by atoms with E-state index in [-0.39, 0.29) is 12.4 Å². The predicted octanol–water partition coefficient (Wildman–Crippen LogP) is 2.00. The van der Waals surface area contributed by atoms with Crippen molar-refractivity contribution in [1.82, 2.24) is 15.0 Å². The molecule has 0 aliphatic rings. The largest absolute Gasteiger partial charge is 0.454 e. The van der Waals surface area contributed by atoms with E-state index >= 15 is 0 Å². The fourth-order valence-corrected chi connectivity index (χ4v) is 1.89. The molecular formula is C15H11N3O3. The molecule has 1 N–H and O–H groups in total. The molecule has 0 radical (unpaired) electrons. The van der Waals surface area contributed by atoms with Crippen LogP contribution in [0.15, 0.2) is 49.1 Å². The number of aromatic amines is 1. The lowest BCUT2D eigenvalue weighted by Crippen LogP contribution is -2.14. The number of fused-ring (bicyclic) bond motifs is 1. The zero-order valence-corrected chi connectivity index (χ0v) is 10.9. The summed E-state index contributed by atoms with van der Waals surface area (Å²) in [7, 11) is 0. The van der Waals surface area contributed by atoms with Crippen molar-refractivity contribution in [3.8, 4) is 0 Å². The summed E-state index contributed by atoms with van der Waals surface area (Å²) >= 11 is 0. The van der Waals surface area contributed by atoms with Crippen LogP contribution in [0.25, 0.3) is 11.0 Å². The number of imidazole rings is 1. The molecular weight excluding hydrogens is 270 g/mol. The number of benzene rings is 1. The minimum Gasteiger partial charge on any atom is -0.454 e. The second kappa shape index (κ2) is 5.54. The van der Waals surface area contributed by atoms with Gasteiger partial charge in [-0.15, -0.1) is 0 Å². The number of rotatable bonds is 4. The smallest absolute Gasteiger partial charge is 0.338 e. The summed E-state index contributed by atoms with van der Waals surface area (Å²) in [5, 5.41) is 0. The molecule has 0 aliphatic carbocycles. The van der Waals surface area contributed by atoms with Crippen LogP contribution in [0.3, 0.4) is 0 Å². The molecule has 0 amide bonds. The molecule has 0 saturated heterocycles. The number of nitrogens with one attached hydrogen (secondary N) is 1. The number of hydrogen-bond donors (Lipinski definition) is 1. The van der Waals surface area contributed by atoms with Crippen molar-refractivity contribution >= 4 is 22.8 Å². The highest BCUT2D eigenvalue weighted by molar-refractivity contribution is 5.99. The number of pyridine rings is 1. The number of nitrogens with zero attached hydrogens (tertiary/aromatic N) is 2. The van der Waals surface area contributed by atoms with E-state index in [1.165, 1.54) is 6.20 Å². The predicted molar refractivity (Wildman–Crippen MR) is 74.9 cm³/mol. The van der Waals surface area contributed by atoms with Crippen LogP contribution in [0.2, 0.25) is 0 Å². The van der Waals surface area contributed by atoms with Gasteiger partial charge in [0.05, 0.1) is 22.9 Å². The molecule has 104 valence electrons. The van der Waals surface area contributed by atoms with Gasteiger partial charge in [0.15, 0.2) is 6.61 Å². The van der Waals surface area contributed by atoms with Crippen molar-refractivity contribution < 1.29 is 14.3 Å². The molecule has 0 bridgehead atoms. The monoisotopic (exact) mass is 281 g/mol. The summed E-state index contributed by atoms with van der Waals surface area (Å²) in [6.45, 7) is -0.314. The Hall–Kier alpha value is -3.02. The fraction of sp³-hybridized carbons (Fsp3) is 0.0667. The van der Waals surface area contributed by atoms with Gasteiger partial charge in [-0.05, 0) is 30.3 Å². The molecule has 0 aliphatic heterocycles. The van der Waals surface area contributed by atoms with Gasteiger partial charge < -0.3 is 9.72 Å². The van der Waals surface area contributed by atoms with Gasteiger partial charge >= 0.3 is 5.97 Å². The highest BCUT2D eigenvalue weighted by Gasteiger charge is 2.12. The Morgan fingerprint density at radius 1 is 1.19 bits per heavy atom. The number of ketones is 1. The van der Waals surface area contributed by atoms with Gasteiger partial charge in [-0.2, -0.15) is 0 Å². The Morgan fingerprint density at radius 2 is 2.10 bits per heavy atom. The van der Waals surface area contributed by atoms with E-state index < -0.39 is 5.97 Å². The number of hydrogen-bond acceptors (Lipinski definition) is 5. The van der Waals surface area contributed by atoms with Gasteiger partial charge in [-0.1, -0.05) is 0 Å². The van der Waals surface area contributed by atoms with Crippen LogP contribution in [-0.2, 0) is 4.74 Å². The van der Waals surface area contributed by atoms with Crippen molar-refractivity contribution in [3.05, 3.63) is 60.2 Å². The van der Waals surface area contributed by atoms with Crippen LogP contribution in [-0.4, -0.2) is 33.3 Å². The zero-order chi connectivity index (χ0) is 14.7. The molecule has 3 aromatic rings. The standard InChI is InChI=1S/C15H11N3O3/c19-14(11-2-1-5-16-7-11)8-21-15(20)10-3-4-12-13(6-10)18-9-17-12/h1-7,9H,8H2,(H,17,18). The van der Waals surface area contributed by atoms with Gasteiger partial charge in [0, 0.05) is 18.0 Å². The summed E-state index contributed by atoms with van der Waals surface area (Å²) in [5.41, 5.74) is 2.28. The van der Waals surface area contributed by atoms with Gasteiger partial charge in [0.1, 0.15) is 0 Å². The van der Waals surface area contributed by atoms with Gasteiger partial charge in [0.2, 0.25) is 5.78 Å². The average molecular weight is 281 g/mol. The van der Waals surface area contributed by atoms with Crippen molar-refractivity contribution in [2.75, 3.05) is 6.61 Å². The molecule has 0 atom stereocenters. The maximum Gasteiger partial charge on any atom is 0.338 e. The Morgan fingerprint density at radius 3 is 2.90 bits per heavy atom. The van der Waals surface area contributed by atoms with E-state index in [0.29, 0.717) is 11.1 Å². The van der Waals surface area contributed by atoms with Crippen LogP contribution < -0.4 is 0 Å². The van der Waals surface area contributed by atoms with Crippen LogP contribution in [0, 0.1) is 0 Å². The molecule has 2 heterocycles. The first kappa shape index (κ1) is 13.0. The lowest BCUT2D eigenvalue weighted by atomic mass is 10.2. The number of carbonyl (C=O) groups is 2. The molecule has 21 heavy (non-hydrogen) atoms. The molecule has 2 aromatic heterocycles. The van der Waals surface area contributed by atoms with E-state index in [1.807, 2.05) is 0 Å². The summed E-state index contributed by atoms with van der Waals surface area (Å²) in [5.74, 6) is -0.845. The Labute approximate surface area is 119 Å². The van der Waals surface area contributed by atoms with Crippen LogP contribution in [0.1, 0.15) is 20.7 Å². The second-order valence-corrected chi connectivity index (χ2v) is 4.38. The number of carbonyl (C=O) groups excluding carboxylic acids is 2. The third kappa shape index (κ3) is 2.79. The number of ether oxygens (including phenoxy) is 1. The SMILES string of the molecule is O=C(COC(=O)c1ccc2nc[nH]c2c1)c1cccnc1. The summed E-state index contributed by atoms with van der Waals surface area (Å²) in [4.78, 5) is 34.6. The van der Waals surface area contributed by atoms with Gasteiger partial charge in [-0.25, -0.2) is 9.78 Å². The molecule has 0 saturated carbocycles. The first-order valence-corrected chi connectivity index (χ1v) is 6.27. The second-order valence-electron chi connectivity index (χ2n) is 4.38. The topological polar surface area (TPSA) is 84.9 Å². The number of Topliss-reactive ketones (excluding diaryl/α,β-unsaturated/α-hetero) is 1. The van der Waals surface area contributed by atoms with Crippen LogP contribution in [0.4, 0.5) is 0 Å². The lowest BCUT2D eigenvalue weighted by molar-refractivity contribution is 0.0475. The first-order chi connectivity index (χ1) is 10.2. The zero-order valence-electron chi connectivity index (χ0n) is 10.9. The maximum absolute atomic E-state index is 11.9. The Balaban J connectivity index is 1.67. The first-order valence-electron chi connectivity index (χ1n) is 6.27. The quantitative estimate of drug-likeness (QED) is 0.584. The van der Waals surface area contributed by atoms with Gasteiger partial charge in [-0.3, -0.25) is 9.78 Å². The summed E-state index contributed by atoms with van der Waals surface area (Å²) in [6, 6.07) is 8.24. The highest BCUT2D eigenvalue weighted by Crippen LogP contribution is 2.12. The van der Waals surface area contributed by atoms with Crippen molar-refractivity contribution in [2.24, 2.45) is 0 Å². The Kier molecular flexibility index (Phi) is 3.42. The summed E-state index contributed by atoms with van der Waals surface area (Å²) < 4.78 is 5.02. The van der Waals surface area contributed by atoms with E-state index in [4.69, 9.17) is 4.74 Å². The third-order valence-electron chi connectivity index (χ3n) is 2.97. The third-order valence-corrected chi connectivity index (χ3v) is 2.97. The minimum atomic E-state index is -0.552. The molecule has 0 fully saturated rings. The fourth-order valence-electron chi connectivity index (χ4n) is 1.89. The van der Waals surface area contributed by atoms with Gasteiger partial charge in [0.25, 0.3) is 0 Å². The summed E-state index contributed by atoms with van der Waals surface area (Å²) in [6.07, 6.45) is 4.56. The van der Waals surface area contributed by atoms with Crippen molar-refractivity contribution in [1.29, 1.82) is 0 Å². The van der Waals surface area contributed by atoms with E-state index in [0.717, 1.165) is 11.0 Å². The Bertz CT molecular complexity index is 796. The number of H-pyrrole nitrogens is 1. The van der Waals surface area contributed by atoms with E-state index in [9.17, 15) is 9.59 Å². The maximum atomic E-state index is 11.9. The number of esters is 1. The highest BCUT2D eigenvalue weighted by atomic mass is 16.5. The van der Waals surface area contributed by atoms with E-state index in [1.54, 1.807) is 42.9 Å². The number of aromatic nitrogens is 3. The molecule has 3 rings (SSSR count). The minimum absolute atomic E-state index is 0.293. The molecule has 0 spiro atoms. The molecule has 1 aromatic carbocycles. The van der Waals surface area contributed by atoms with Crippen LogP contribution >= 0.6 is 0 Å². The van der Waals surface area contributed by atoms with Crippen molar-refractivity contribution in [3.63, 3.8) is 0 Å². The lowest BCUT2D eigenvalue weighted by Gasteiger charge is -2.04. The molecule has 6 nitrogen and oxygen atoms in total. The average Bonchev–Trinajstić information content (AvgIpc) is 3.00. The van der Waals surface area contributed by atoms with Crippen LogP contribution in [0.5, 0.6) is 0 Å². The van der Waals surface area contributed by atoms with Crippen molar-refractivity contribution in [2.45, 2.75) is 0 Å².